The number of amides is 3. The van der Waals surface area contributed by atoms with Crippen molar-refractivity contribution >= 4 is 23.5 Å². The Morgan fingerprint density at radius 2 is 1.68 bits per heavy atom. The van der Waals surface area contributed by atoms with Crippen LogP contribution in [0.3, 0.4) is 0 Å². The Morgan fingerprint density at radius 3 is 2.26 bits per heavy atom. The summed E-state index contributed by atoms with van der Waals surface area (Å²) in [5, 5.41) is 2.74. The highest BCUT2D eigenvalue weighted by Crippen LogP contribution is 2.26. The molecule has 1 heterocycles. The SMILES string of the molecule is CC(C)(C)OC(=O)N1CCC(N(C(=O)Nc2ccc(F)cc2)c2cccc(F)c2)CC1. The molecule has 6 nitrogen and oxygen atoms in total. The van der Waals surface area contributed by atoms with Crippen LogP contribution in [0.5, 0.6) is 0 Å². The van der Waals surface area contributed by atoms with Gasteiger partial charge < -0.3 is 15.0 Å². The van der Waals surface area contributed by atoms with E-state index in [1.165, 1.54) is 41.3 Å². The number of nitrogens with one attached hydrogen (secondary N) is 1. The lowest BCUT2D eigenvalue weighted by Crippen LogP contribution is -2.51. The van der Waals surface area contributed by atoms with Gasteiger partial charge in [0, 0.05) is 30.5 Å². The normalized spacial score (nSPS) is 14.8. The average Bonchev–Trinajstić information content (AvgIpc) is 2.69. The van der Waals surface area contributed by atoms with Gasteiger partial charge in [0.2, 0.25) is 0 Å². The van der Waals surface area contributed by atoms with Gasteiger partial charge >= 0.3 is 12.1 Å². The molecule has 1 aliphatic rings. The van der Waals surface area contributed by atoms with Crippen molar-refractivity contribution in [1.82, 2.24) is 4.90 Å². The molecule has 0 unspecified atom stereocenters. The van der Waals surface area contributed by atoms with Crippen molar-refractivity contribution in [3.8, 4) is 0 Å². The Balaban J connectivity index is 1.75. The number of ether oxygens (including phenoxy) is 1. The molecule has 2 aromatic rings. The molecule has 166 valence electrons. The Bertz CT molecular complexity index is 920. The number of benzene rings is 2. The Kier molecular flexibility index (Phi) is 6.77. The first-order valence-electron chi connectivity index (χ1n) is 10.2. The largest absolute Gasteiger partial charge is 0.444 e. The highest BCUT2D eigenvalue weighted by Gasteiger charge is 2.32. The highest BCUT2D eigenvalue weighted by molar-refractivity contribution is 6.02. The lowest BCUT2D eigenvalue weighted by atomic mass is 10.0. The molecule has 2 aromatic carbocycles. The molecule has 1 aliphatic heterocycles. The van der Waals surface area contributed by atoms with Gasteiger partial charge in [-0.15, -0.1) is 0 Å². The second kappa shape index (κ2) is 9.32. The summed E-state index contributed by atoms with van der Waals surface area (Å²) in [5.41, 5.74) is 0.255. The zero-order chi connectivity index (χ0) is 22.6. The molecule has 0 saturated carbocycles. The van der Waals surface area contributed by atoms with Gasteiger partial charge in [-0.25, -0.2) is 18.4 Å². The van der Waals surface area contributed by atoms with E-state index in [9.17, 15) is 18.4 Å². The van der Waals surface area contributed by atoms with E-state index >= 15 is 0 Å². The second-order valence-electron chi connectivity index (χ2n) is 8.49. The van der Waals surface area contributed by atoms with E-state index in [2.05, 4.69) is 5.32 Å². The van der Waals surface area contributed by atoms with Gasteiger partial charge in [-0.2, -0.15) is 0 Å². The standard InChI is InChI=1S/C23H27F2N3O3/c1-23(2,3)31-22(30)27-13-11-19(12-14-27)28(20-6-4-5-17(25)15-20)21(29)26-18-9-7-16(24)8-10-18/h4-10,15,19H,11-14H2,1-3H3,(H,26,29). The van der Waals surface area contributed by atoms with E-state index in [-0.39, 0.29) is 12.1 Å². The number of rotatable bonds is 3. The van der Waals surface area contributed by atoms with Crippen molar-refractivity contribution < 1.29 is 23.1 Å². The molecule has 31 heavy (non-hydrogen) atoms. The van der Waals surface area contributed by atoms with Gasteiger partial charge in [0.1, 0.15) is 17.2 Å². The summed E-state index contributed by atoms with van der Waals surface area (Å²) in [7, 11) is 0. The van der Waals surface area contributed by atoms with Crippen molar-refractivity contribution in [3.05, 3.63) is 60.2 Å². The number of likely N-dealkylation sites (tertiary alicyclic amines) is 1. The number of urea groups is 1. The third-order valence-electron chi connectivity index (χ3n) is 4.88. The lowest BCUT2D eigenvalue weighted by molar-refractivity contribution is 0.0206. The number of halogens is 2. The number of hydrogen-bond acceptors (Lipinski definition) is 3. The first kappa shape index (κ1) is 22.5. The quantitative estimate of drug-likeness (QED) is 0.708. The zero-order valence-corrected chi connectivity index (χ0v) is 17.9. The fourth-order valence-electron chi connectivity index (χ4n) is 3.47. The van der Waals surface area contributed by atoms with E-state index in [0.717, 1.165) is 0 Å². The van der Waals surface area contributed by atoms with Crippen LogP contribution in [-0.2, 0) is 4.74 Å². The van der Waals surface area contributed by atoms with E-state index < -0.39 is 23.3 Å². The highest BCUT2D eigenvalue weighted by atomic mass is 19.1. The number of hydrogen-bond donors (Lipinski definition) is 1. The molecule has 1 fully saturated rings. The van der Waals surface area contributed by atoms with Crippen LogP contribution in [0.15, 0.2) is 48.5 Å². The molecule has 1 saturated heterocycles. The molecule has 1 N–H and O–H groups in total. The topological polar surface area (TPSA) is 61.9 Å². The van der Waals surface area contributed by atoms with Gasteiger partial charge in [-0.05, 0) is 76.1 Å². The number of piperidine rings is 1. The van der Waals surface area contributed by atoms with Gasteiger partial charge in [0.15, 0.2) is 0 Å². The maximum Gasteiger partial charge on any atom is 0.410 e. The third-order valence-corrected chi connectivity index (χ3v) is 4.88. The van der Waals surface area contributed by atoms with Crippen LogP contribution in [0.1, 0.15) is 33.6 Å². The molecular formula is C23H27F2N3O3. The van der Waals surface area contributed by atoms with Crippen LogP contribution >= 0.6 is 0 Å². The molecule has 3 amide bonds. The van der Waals surface area contributed by atoms with Gasteiger partial charge in [-0.3, -0.25) is 4.90 Å². The van der Waals surface area contributed by atoms with Gasteiger partial charge in [0.25, 0.3) is 0 Å². The van der Waals surface area contributed by atoms with E-state index in [4.69, 9.17) is 4.74 Å². The Morgan fingerprint density at radius 1 is 1.03 bits per heavy atom. The minimum absolute atomic E-state index is 0.249. The van der Waals surface area contributed by atoms with E-state index in [1.54, 1.807) is 17.0 Å². The summed E-state index contributed by atoms with van der Waals surface area (Å²) >= 11 is 0. The number of carbonyl (C=O) groups excluding carboxylic acids is 2. The van der Waals surface area contributed by atoms with Crippen molar-refractivity contribution in [1.29, 1.82) is 0 Å². The maximum absolute atomic E-state index is 13.9. The summed E-state index contributed by atoms with van der Waals surface area (Å²) in [6.07, 6.45) is 0.623. The predicted molar refractivity (Wildman–Crippen MR) is 115 cm³/mol. The Hall–Kier alpha value is -3.16. The third kappa shape index (κ3) is 6.16. The van der Waals surface area contributed by atoms with Crippen molar-refractivity contribution in [2.75, 3.05) is 23.3 Å². The van der Waals surface area contributed by atoms with E-state index in [0.29, 0.717) is 37.3 Å². The molecule has 3 rings (SSSR count). The van der Waals surface area contributed by atoms with Crippen LogP contribution in [-0.4, -0.2) is 41.8 Å². The lowest BCUT2D eigenvalue weighted by Gasteiger charge is -2.38. The summed E-state index contributed by atoms with van der Waals surface area (Å²) in [4.78, 5) is 28.6. The fourth-order valence-corrected chi connectivity index (χ4v) is 3.47. The summed E-state index contributed by atoms with van der Waals surface area (Å²) in [5.74, 6) is -0.863. The van der Waals surface area contributed by atoms with Gasteiger partial charge in [0.05, 0.1) is 0 Å². The number of nitrogens with zero attached hydrogens (tertiary/aromatic N) is 2. The smallest absolute Gasteiger partial charge is 0.410 e. The fraction of sp³-hybridized carbons (Fsp3) is 0.391. The van der Waals surface area contributed by atoms with Gasteiger partial charge in [-0.1, -0.05) is 6.07 Å². The molecule has 0 bridgehead atoms. The van der Waals surface area contributed by atoms with E-state index in [1.807, 2.05) is 20.8 Å². The van der Waals surface area contributed by atoms with Crippen molar-refractivity contribution in [2.45, 2.75) is 45.3 Å². The predicted octanol–water partition coefficient (Wildman–Crippen LogP) is 5.40. The molecule has 0 atom stereocenters. The summed E-state index contributed by atoms with van der Waals surface area (Å²) in [6.45, 7) is 6.25. The van der Waals surface area contributed by atoms with Crippen molar-refractivity contribution in [3.63, 3.8) is 0 Å². The van der Waals surface area contributed by atoms with Crippen molar-refractivity contribution in [2.24, 2.45) is 0 Å². The molecule has 0 spiro atoms. The second-order valence-corrected chi connectivity index (χ2v) is 8.49. The molecule has 0 aliphatic carbocycles. The monoisotopic (exact) mass is 431 g/mol. The first-order chi connectivity index (χ1) is 14.6. The summed E-state index contributed by atoms with van der Waals surface area (Å²) in [6, 6.07) is 10.5. The molecule has 0 radical (unpaired) electrons. The summed E-state index contributed by atoms with van der Waals surface area (Å²) < 4.78 is 32.5. The average molecular weight is 431 g/mol. The molecular weight excluding hydrogens is 404 g/mol. The van der Waals surface area contributed by atoms with Crippen LogP contribution in [0, 0.1) is 11.6 Å². The molecule has 8 heteroatoms. The maximum atomic E-state index is 13.9. The van der Waals surface area contributed by atoms with Crippen LogP contribution < -0.4 is 10.2 Å². The van der Waals surface area contributed by atoms with Crippen LogP contribution in [0.2, 0.25) is 0 Å². The minimum Gasteiger partial charge on any atom is -0.444 e. The number of anilines is 2. The Labute approximate surface area is 180 Å². The zero-order valence-electron chi connectivity index (χ0n) is 17.9. The minimum atomic E-state index is -0.587. The van der Waals surface area contributed by atoms with Crippen LogP contribution in [0.25, 0.3) is 0 Å². The molecule has 0 aromatic heterocycles. The first-order valence-corrected chi connectivity index (χ1v) is 10.2. The number of carbonyl (C=O) groups is 2. The van der Waals surface area contributed by atoms with Crippen LogP contribution in [0.4, 0.5) is 29.7 Å².